The van der Waals surface area contributed by atoms with Gasteiger partial charge in [0.2, 0.25) is 0 Å². The lowest BCUT2D eigenvalue weighted by Gasteiger charge is -2.35. The van der Waals surface area contributed by atoms with Crippen molar-refractivity contribution in [1.82, 2.24) is 24.6 Å². The van der Waals surface area contributed by atoms with Crippen molar-refractivity contribution in [1.29, 1.82) is 0 Å². The van der Waals surface area contributed by atoms with Gasteiger partial charge in [-0.25, -0.2) is 14.5 Å². The van der Waals surface area contributed by atoms with E-state index < -0.39 is 5.60 Å². The van der Waals surface area contributed by atoms with E-state index in [4.69, 9.17) is 4.74 Å². The van der Waals surface area contributed by atoms with Crippen LogP contribution in [0.25, 0.3) is 11.0 Å². The predicted octanol–water partition coefficient (Wildman–Crippen LogP) is 3.79. The summed E-state index contributed by atoms with van der Waals surface area (Å²) in [6, 6.07) is 10.1. The molecule has 1 aliphatic rings. The molecule has 1 saturated heterocycles. The minimum absolute atomic E-state index is 0.0655. The van der Waals surface area contributed by atoms with Crippen molar-refractivity contribution in [2.24, 2.45) is 0 Å². The molecule has 1 fully saturated rings. The average Bonchev–Trinajstić information content (AvgIpc) is 3.15. The van der Waals surface area contributed by atoms with E-state index in [1.54, 1.807) is 16.0 Å². The first-order chi connectivity index (χ1) is 15.6. The van der Waals surface area contributed by atoms with Gasteiger partial charge in [0.05, 0.1) is 23.7 Å². The van der Waals surface area contributed by atoms with Crippen LogP contribution in [0.1, 0.15) is 48.0 Å². The number of ether oxygens (including phenoxy) is 1. The van der Waals surface area contributed by atoms with E-state index >= 15 is 0 Å². The Morgan fingerprint density at radius 1 is 1.00 bits per heavy atom. The average molecular weight is 450 g/mol. The number of amides is 2. The van der Waals surface area contributed by atoms with Crippen molar-refractivity contribution in [3.05, 3.63) is 58.9 Å². The lowest BCUT2D eigenvalue weighted by Crippen LogP contribution is -2.51. The first-order valence-electron chi connectivity index (χ1n) is 11.3. The number of hydrogen-bond donors (Lipinski definition) is 0. The van der Waals surface area contributed by atoms with Gasteiger partial charge in [-0.05, 0) is 46.2 Å². The fourth-order valence-corrected chi connectivity index (χ4v) is 3.92. The summed E-state index contributed by atoms with van der Waals surface area (Å²) in [5.74, 6) is -0.0655. The van der Waals surface area contributed by atoms with Crippen molar-refractivity contribution >= 4 is 23.0 Å². The van der Waals surface area contributed by atoms with Gasteiger partial charge in [0, 0.05) is 31.9 Å². The molecular weight excluding hydrogens is 418 g/mol. The number of piperazine rings is 1. The highest BCUT2D eigenvalue weighted by Gasteiger charge is 2.29. The molecule has 1 aliphatic heterocycles. The summed E-state index contributed by atoms with van der Waals surface area (Å²) in [6.07, 6.45) is 1.38. The Balaban J connectivity index is 1.51. The molecule has 0 aliphatic carbocycles. The third kappa shape index (κ3) is 5.16. The van der Waals surface area contributed by atoms with Gasteiger partial charge in [0.25, 0.3) is 5.91 Å². The van der Waals surface area contributed by atoms with Crippen LogP contribution in [-0.2, 0) is 11.3 Å². The molecule has 3 heterocycles. The lowest BCUT2D eigenvalue weighted by atomic mass is 10.1. The summed E-state index contributed by atoms with van der Waals surface area (Å²) in [5.41, 5.74) is 3.86. The number of hydrogen-bond acceptors (Lipinski definition) is 5. The second-order valence-electron chi connectivity index (χ2n) is 9.60. The van der Waals surface area contributed by atoms with E-state index in [0.717, 1.165) is 16.6 Å². The maximum Gasteiger partial charge on any atom is 0.410 e. The van der Waals surface area contributed by atoms with Crippen LogP contribution < -0.4 is 0 Å². The molecule has 8 heteroatoms. The topological polar surface area (TPSA) is 80.6 Å². The molecule has 33 heavy (non-hydrogen) atoms. The molecule has 0 N–H and O–H groups in total. The Morgan fingerprint density at radius 2 is 1.64 bits per heavy atom. The van der Waals surface area contributed by atoms with Gasteiger partial charge in [-0.15, -0.1) is 0 Å². The molecule has 0 atom stereocenters. The standard InChI is InChI=1S/C25H31N5O3/c1-17-6-8-19(9-7-17)16-30-22-21(15-26-30)20(14-18(2)27-22)23(31)28-10-12-29(13-11-28)24(32)33-25(3,4)5/h6-9,14-15H,10-13,16H2,1-5H3. The molecule has 2 aromatic heterocycles. The Labute approximate surface area is 194 Å². The van der Waals surface area contributed by atoms with E-state index in [9.17, 15) is 9.59 Å². The number of benzene rings is 1. The molecule has 1 aromatic carbocycles. The maximum absolute atomic E-state index is 13.4. The Morgan fingerprint density at radius 3 is 2.27 bits per heavy atom. The summed E-state index contributed by atoms with van der Waals surface area (Å²) in [6.45, 7) is 11.9. The van der Waals surface area contributed by atoms with Crippen LogP contribution in [0.2, 0.25) is 0 Å². The molecule has 3 aromatic rings. The zero-order chi connectivity index (χ0) is 23.8. The zero-order valence-corrected chi connectivity index (χ0v) is 20.0. The van der Waals surface area contributed by atoms with Gasteiger partial charge in [-0.2, -0.15) is 5.10 Å². The first kappa shape index (κ1) is 22.8. The van der Waals surface area contributed by atoms with Crippen LogP contribution >= 0.6 is 0 Å². The van der Waals surface area contributed by atoms with Crippen molar-refractivity contribution in [3.8, 4) is 0 Å². The lowest BCUT2D eigenvalue weighted by molar-refractivity contribution is 0.0141. The number of fused-ring (bicyclic) bond motifs is 1. The highest BCUT2D eigenvalue weighted by atomic mass is 16.6. The van der Waals surface area contributed by atoms with Gasteiger partial charge >= 0.3 is 6.09 Å². The highest BCUT2D eigenvalue weighted by molar-refractivity contribution is 6.05. The number of aromatic nitrogens is 3. The monoisotopic (exact) mass is 449 g/mol. The minimum atomic E-state index is -0.539. The smallest absolute Gasteiger partial charge is 0.410 e. The fourth-order valence-electron chi connectivity index (χ4n) is 3.92. The van der Waals surface area contributed by atoms with Gasteiger partial charge in [-0.1, -0.05) is 29.8 Å². The minimum Gasteiger partial charge on any atom is -0.444 e. The summed E-state index contributed by atoms with van der Waals surface area (Å²) >= 11 is 0. The van der Waals surface area contributed by atoms with Gasteiger partial charge < -0.3 is 14.5 Å². The second-order valence-corrected chi connectivity index (χ2v) is 9.60. The predicted molar refractivity (Wildman–Crippen MR) is 126 cm³/mol. The molecular formula is C25H31N5O3. The summed E-state index contributed by atoms with van der Waals surface area (Å²) in [4.78, 5) is 33.8. The molecule has 0 saturated carbocycles. The van der Waals surface area contributed by atoms with Crippen LogP contribution in [0.3, 0.4) is 0 Å². The van der Waals surface area contributed by atoms with E-state index in [0.29, 0.717) is 43.9 Å². The zero-order valence-electron chi connectivity index (χ0n) is 20.0. The number of aryl methyl sites for hydroxylation is 2. The number of rotatable bonds is 3. The van der Waals surface area contributed by atoms with Gasteiger partial charge in [0.15, 0.2) is 5.65 Å². The van der Waals surface area contributed by atoms with Crippen LogP contribution in [0, 0.1) is 13.8 Å². The highest BCUT2D eigenvalue weighted by Crippen LogP contribution is 2.22. The normalized spacial score (nSPS) is 14.6. The molecule has 0 radical (unpaired) electrons. The third-order valence-electron chi connectivity index (χ3n) is 5.64. The van der Waals surface area contributed by atoms with Crippen LogP contribution in [-0.4, -0.2) is 68.3 Å². The molecule has 4 rings (SSSR count). The summed E-state index contributed by atoms with van der Waals surface area (Å²) < 4.78 is 7.29. The largest absolute Gasteiger partial charge is 0.444 e. The Hall–Kier alpha value is -3.42. The Kier molecular flexibility index (Phi) is 6.10. The molecule has 0 bridgehead atoms. The van der Waals surface area contributed by atoms with Crippen molar-refractivity contribution in [2.75, 3.05) is 26.2 Å². The number of pyridine rings is 1. The second kappa shape index (κ2) is 8.84. The molecule has 174 valence electrons. The SMILES string of the molecule is Cc1ccc(Cn2ncc3c(C(=O)N4CCN(C(=O)OC(C)(C)C)CC4)cc(C)nc32)cc1. The number of carbonyl (C=O) groups is 2. The van der Waals surface area contributed by atoms with Crippen molar-refractivity contribution < 1.29 is 14.3 Å². The van der Waals surface area contributed by atoms with E-state index in [1.165, 1.54) is 5.56 Å². The molecule has 0 spiro atoms. The molecule has 8 nitrogen and oxygen atoms in total. The molecule has 0 unspecified atom stereocenters. The summed E-state index contributed by atoms with van der Waals surface area (Å²) in [5, 5.41) is 5.27. The first-order valence-corrected chi connectivity index (χ1v) is 11.3. The van der Waals surface area contributed by atoms with Gasteiger partial charge in [-0.3, -0.25) is 4.79 Å². The Bertz CT molecular complexity index is 1170. The van der Waals surface area contributed by atoms with Crippen LogP contribution in [0.5, 0.6) is 0 Å². The van der Waals surface area contributed by atoms with Crippen LogP contribution in [0.15, 0.2) is 36.5 Å². The number of nitrogens with zero attached hydrogens (tertiary/aromatic N) is 5. The van der Waals surface area contributed by atoms with E-state index in [1.807, 2.05) is 38.4 Å². The maximum atomic E-state index is 13.4. The fraction of sp³-hybridized carbons (Fsp3) is 0.440. The summed E-state index contributed by atoms with van der Waals surface area (Å²) in [7, 11) is 0. The van der Waals surface area contributed by atoms with Crippen LogP contribution in [0.4, 0.5) is 4.79 Å². The van der Waals surface area contributed by atoms with Crippen molar-refractivity contribution in [3.63, 3.8) is 0 Å². The van der Waals surface area contributed by atoms with Crippen molar-refractivity contribution in [2.45, 2.75) is 46.8 Å². The van der Waals surface area contributed by atoms with E-state index in [-0.39, 0.29) is 12.0 Å². The number of carbonyl (C=O) groups excluding carboxylic acids is 2. The quantitative estimate of drug-likeness (QED) is 0.608. The van der Waals surface area contributed by atoms with Gasteiger partial charge in [0.1, 0.15) is 5.60 Å². The third-order valence-corrected chi connectivity index (χ3v) is 5.64. The van der Waals surface area contributed by atoms with E-state index in [2.05, 4.69) is 41.3 Å². The molecule has 2 amide bonds.